The zero-order valence-corrected chi connectivity index (χ0v) is 10.8. The molecule has 1 amide bonds. The molecule has 2 rings (SSSR count). The average Bonchev–Trinajstić information content (AvgIpc) is 2.29. The first kappa shape index (κ1) is 12.1. The van der Waals surface area contributed by atoms with Crippen molar-refractivity contribution in [2.45, 2.75) is 39.5 Å². The molecule has 0 bridgehead atoms. The second-order valence-corrected chi connectivity index (χ2v) is 5.25. The second-order valence-electron chi connectivity index (χ2n) is 5.25. The van der Waals surface area contributed by atoms with Crippen molar-refractivity contribution in [3.63, 3.8) is 0 Å². The van der Waals surface area contributed by atoms with E-state index in [4.69, 9.17) is 0 Å². The normalized spacial score (nSPS) is 21.1. The molecule has 1 fully saturated rings. The van der Waals surface area contributed by atoms with Crippen molar-refractivity contribution >= 4 is 11.7 Å². The number of carbonyl (C=O) groups excluding carboxylic acids is 1. The highest BCUT2D eigenvalue weighted by atomic mass is 16.2. The highest BCUT2D eigenvalue weighted by molar-refractivity contribution is 5.93. The summed E-state index contributed by atoms with van der Waals surface area (Å²) >= 11 is 0. The lowest BCUT2D eigenvalue weighted by atomic mass is 9.98. The molecular weight excluding hydrogens is 212 g/mol. The summed E-state index contributed by atoms with van der Waals surface area (Å²) in [6.07, 6.45) is 3.60. The molecule has 0 radical (unpaired) electrons. The second kappa shape index (κ2) is 4.86. The molecule has 2 heterocycles. The molecular formula is C14H20N2O. The van der Waals surface area contributed by atoms with E-state index < -0.39 is 0 Å². The fourth-order valence-electron chi connectivity index (χ4n) is 2.13. The minimum atomic E-state index is 0.202. The Morgan fingerprint density at radius 3 is 2.71 bits per heavy atom. The number of amides is 1. The van der Waals surface area contributed by atoms with Crippen LogP contribution in [0.1, 0.15) is 45.1 Å². The summed E-state index contributed by atoms with van der Waals surface area (Å²) in [5.41, 5.74) is 1.21. The summed E-state index contributed by atoms with van der Waals surface area (Å²) in [6, 6.07) is 4.03. The minimum absolute atomic E-state index is 0.202. The van der Waals surface area contributed by atoms with Crippen LogP contribution in [0, 0.1) is 5.92 Å². The van der Waals surface area contributed by atoms with Gasteiger partial charge >= 0.3 is 0 Å². The van der Waals surface area contributed by atoms with Gasteiger partial charge < -0.3 is 0 Å². The Balaban J connectivity index is 2.14. The van der Waals surface area contributed by atoms with Crippen LogP contribution in [-0.2, 0) is 4.79 Å². The number of anilines is 1. The Labute approximate surface area is 103 Å². The van der Waals surface area contributed by atoms with Crippen LogP contribution in [0.15, 0.2) is 18.3 Å². The van der Waals surface area contributed by atoms with Gasteiger partial charge in [-0.05, 0) is 29.9 Å². The third-order valence-corrected chi connectivity index (χ3v) is 3.38. The lowest BCUT2D eigenvalue weighted by Crippen LogP contribution is -2.38. The molecule has 1 saturated heterocycles. The molecule has 3 heteroatoms. The maximum atomic E-state index is 11.9. The van der Waals surface area contributed by atoms with Gasteiger partial charge in [0.15, 0.2) is 0 Å². The van der Waals surface area contributed by atoms with E-state index in [-0.39, 0.29) is 5.91 Å². The number of aromatic nitrogens is 1. The van der Waals surface area contributed by atoms with Crippen molar-refractivity contribution in [2.24, 2.45) is 5.92 Å². The zero-order valence-electron chi connectivity index (χ0n) is 10.8. The number of hydrogen-bond acceptors (Lipinski definition) is 2. The molecule has 0 N–H and O–H groups in total. The van der Waals surface area contributed by atoms with E-state index in [1.165, 1.54) is 5.56 Å². The summed E-state index contributed by atoms with van der Waals surface area (Å²) in [4.78, 5) is 18.1. The first-order chi connectivity index (χ1) is 8.08. The van der Waals surface area contributed by atoms with Crippen LogP contribution in [0.25, 0.3) is 0 Å². The first-order valence-electron chi connectivity index (χ1n) is 6.34. The summed E-state index contributed by atoms with van der Waals surface area (Å²) < 4.78 is 0. The van der Waals surface area contributed by atoms with Gasteiger partial charge in [0, 0.05) is 19.2 Å². The highest BCUT2D eigenvalue weighted by Crippen LogP contribution is 2.23. The molecule has 1 aliphatic rings. The molecule has 0 aliphatic carbocycles. The number of pyridine rings is 1. The van der Waals surface area contributed by atoms with Gasteiger partial charge in [0.25, 0.3) is 0 Å². The molecule has 0 saturated carbocycles. The third kappa shape index (κ3) is 2.65. The maximum absolute atomic E-state index is 11.9. The van der Waals surface area contributed by atoms with Crippen molar-refractivity contribution in [1.82, 2.24) is 4.98 Å². The summed E-state index contributed by atoms with van der Waals surface area (Å²) in [5.74, 6) is 1.99. The molecule has 0 aromatic carbocycles. The van der Waals surface area contributed by atoms with Gasteiger partial charge in [-0.2, -0.15) is 0 Å². The largest absolute Gasteiger partial charge is 0.297 e. The molecule has 17 heavy (non-hydrogen) atoms. The average molecular weight is 232 g/mol. The smallest absolute Gasteiger partial charge is 0.228 e. The minimum Gasteiger partial charge on any atom is -0.297 e. The molecule has 3 nitrogen and oxygen atoms in total. The highest BCUT2D eigenvalue weighted by Gasteiger charge is 2.24. The van der Waals surface area contributed by atoms with Gasteiger partial charge in [-0.3, -0.25) is 9.69 Å². The Morgan fingerprint density at radius 1 is 1.41 bits per heavy atom. The molecule has 1 atom stereocenters. The van der Waals surface area contributed by atoms with Gasteiger partial charge in [-0.15, -0.1) is 0 Å². The van der Waals surface area contributed by atoms with Crippen LogP contribution in [0.2, 0.25) is 0 Å². The Kier molecular flexibility index (Phi) is 3.46. The van der Waals surface area contributed by atoms with Crippen molar-refractivity contribution in [3.05, 3.63) is 23.9 Å². The van der Waals surface area contributed by atoms with E-state index >= 15 is 0 Å². The summed E-state index contributed by atoms with van der Waals surface area (Å²) in [5, 5.41) is 0. The van der Waals surface area contributed by atoms with Crippen molar-refractivity contribution in [2.75, 3.05) is 11.4 Å². The SMILES string of the molecule is CC1CCN(c2ccc(C(C)C)cn2)C(=O)C1. The number of nitrogens with zero attached hydrogens (tertiary/aromatic N) is 2. The van der Waals surface area contributed by atoms with Gasteiger partial charge in [0.05, 0.1) is 0 Å². The zero-order chi connectivity index (χ0) is 12.4. The lowest BCUT2D eigenvalue weighted by molar-refractivity contribution is -0.120. The van der Waals surface area contributed by atoms with E-state index in [1.54, 1.807) is 0 Å². The van der Waals surface area contributed by atoms with E-state index in [0.29, 0.717) is 18.3 Å². The fourth-order valence-corrected chi connectivity index (χ4v) is 2.13. The molecule has 1 aromatic heterocycles. The van der Waals surface area contributed by atoms with Crippen LogP contribution >= 0.6 is 0 Å². The third-order valence-electron chi connectivity index (χ3n) is 3.38. The Hall–Kier alpha value is -1.38. The predicted molar refractivity (Wildman–Crippen MR) is 69.1 cm³/mol. The fraction of sp³-hybridized carbons (Fsp3) is 0.571. The van der Waals surface area contributed by atoms with Crippen molar-refractivity contribution < 1.29 is 4.79 Å². The Bertz CT molecular complexity index is 397. The lowest BCUT2D eigenvalue weighted by Gasteiger charge is -2.29. The first-order valence-corrected chi connectivity index (χ1v) is 6.34. The van der Waals surface area contributed by atoms with Crippen LogP contribution in [0.3, 0.4) is 0 Å². The summed E-state index contributed by atoms with van der Waals surface area (Å²) in [6.45, 7) is 7.22. The molecule has 92 valence electrons. The maximum Gasteiger partial charge on any atom is 0.228 e. The van der Waals surface area contributed by atoms with Gasteiger partial charge in [0.1, 0.15) is 5.82 Å². The van der Waals surface area contributed by atoms with E-state index in [0.717, 1.165) is 18.8 Å². The number of rotatable bonds is 2. The van der Waals surface area contributed by atoms with Gasteiger partial charge in [-0.1, -0.05) is 26.8 Å². The van der Waals surface area contributed by atoms with E-state index in [9.17, 15) is 4.79 Å². The summed E-state index contributed by atoms with van der Waals surface area (Å²) in [7, 11) is 0. The quantitative estimate of drug-likeness (QED) is 0.785. The van der Waals surface area contributed by atoms with Crippen molar-refractivity contribution in [1.29, 1.82) is 0 Å². The standard InChI is InChI=1S/C14H20N2O/c1-10(2)12-4-5-13(15-9-12)16-7-6-11(3)8-14(16)17/h4-5,9-11H,6-8H2,1-3H3. The van der Waals surface area contributed by atoms with Gasteiger partial charge in [0.2, 0.25) is 5.91 Å². The molecule has 1 unspecified atom stereocenters. The number of carbonyl (C=O) groups is 1. The van der Waals surface area contributed by atoms with Crippen LogP contribution in [-0.4, -0.2) is 17.4 Å². The number of hydrogen-bond donors (Lipinski definition) is 0. The van der Waals surface area contributed by atoms with Crippen LogP contribution in [0.4, 0.5) is 5.82 Å². The topological polar surface area (TPSA) is 33.2 Å². The predicted octanol–water partition coefficient (Wildman–Crippen LogP) is 2.97. The molecule has 1 aliphatic heterocycles. The molecule has 0 spiro atoms. The molecule has 1 aromatic rings. The number of piperidine rings is 1. The van der Waals surface area contributed by atoms with Crippen molar-refractivity contribution in [3.8, 4) is 0 Å². The van der Waals surface area contributed by atoms with E-state index in [1.807, 2.05) is 17.2 Å². The monoisotopic (exact) mass is 232 g/mol. The Morgan fingerprint density at radius 2 is 2.18 bits per heavy atom. The van der Waals surface area contributed by atoms with E-state index in [2.05, 4.69) is 31.8 Å². The van der Waals surface area contributed by atoms with Gasteiger partial charge in [-0.25, -0.2) is 4.98 Å². The van der Waals surface area contributed by atoms with Crippen LogP contribution < -0.4 is 4.90 Å². The van der Waals surface area contributed by atoms with Crippen LogP contribution in [0.5, 0.6) is 0 Å².